The minimum atomic E-state index is -0.0237. The maximum absolute atomic E-state index is 12.7. The first-order chi connectivity index (χ1) is 13.5. The van der Waals surface area contributed by atoms with Gasteiger partial charge in [0, 0.05) is 23.2 Å². The van der Waals surface area contributed by atoms with E-state index in [4.69, 9.17) is 4.74 Å². The van der Waals surface area contributed by atoms with Crippen molar-refractivity contribution in [2.24, 2.45) is 0 Å². The number of nitrogens with zero attached hydrogens (tertiary/aromatic N) is 2. The second-order valence-electron chi connectivity index (χ2n) is 7.42. The highest BCUT2D eigenvalue weighted by molar-refractivity contribution is 7.14. The van der Waals surface area contributed by atoms with Gasteiger partial charge in [-0.15, -0.1) is 11.3 Å². The number of fused-ring (bicyclic) bond motifs is 1. The van der Waals surface area contributed by atoms with Crippen molar-refractivity contribution in [3.63, 3.8) is 0 Å². The highest BCUT2D eigenvalue weighted by atomic mass is 32.1. The van der Waals surface area contributed by atoms with E-state index in [1.807, 2.05) is 23.0 Å². The summed E-state index contributed by atoms with van der Waals surface area (Å²) in [5.41, 5.74) is 5.88. The third-order valence-corrected chi connectivity index (χ3v) is 6.17. The molecule has 146 valence electrons. The predicted octanol–water partition coefficient (Wildman–Crippen LogP) is 4.50. The zero-order valence-corrected chi connectivity index (χ0v) is 17.3. The SMILES string of the molecule is COCc1ccc(C(=O)N[C@@H]2CCCc3c2cnn3-c2cc(C)cc(C)c2)s1. The maximum Gasteiger partial charge on any atom is 0.261 e. The summed E-state index contributed by atoms with van der Waals surface area (Å²) in [4.78, 5) is 14.5. The molecule has 2 heterocycles. The third kappa shape index (κ3) is 3.75. The summed E-state index contributed by atoms with van der Waals surface area (Å²) in [6.07, 6.45) is 4.87. The largest absolute Gasteiger partial charge is 0.379 e. The number of nitrogens with one attached hydrogen (secondary N) is 1. The van der Waals surface area contributed by atoms with Crippen LogP contribution in [0.1, 0.15) is 55.8 Å². The number of hydrogen-bond acceptors (Lipinski definition) is 4. The molecule has 2 aromatic heterocycles. The van der Waals surface area contributed by atoms with Crippen LogP contribution in [0.5, 0.6) is 0 Å². The van der Waals surface area contributed by atoms with Gasteiger partial charge < -0.3 is 10.1 Å². The number of carbonyl (C=O) groups is 1. The van der Waals surface area contributed by atoms with Gasteiger partial charge in [0.05, 0.1) is 29.4 Å². The average Bonchev–Trinajstić information content (AvgIpc) is 3.29. The van der Waals surface area contributed by atoms with E-state index < -0.39 is 0 Å². The maximum atomic E-state index is 12.7. The van der Waals surface area contributed by atoms with Crippen LogP contribution in [0.15, 0.2) is 36.5 Å². The van der Waals surface area contributed by atoms with Crippen LogP contribution in [0, 0.1) is 13.8 Å². The lowest BCUT2D eigenvalue weighted by atomic mass is 9.92. The Morgan fingerprint density at radius 1 is 1.29 bits per heavy atom. The van der Waals surface area contributed by atoms with E-state index in [9.17, 15) is 4.79 Å². The molecule has 1 aliphatic carbocycles. The lowest BCUT2D eigenvalue weighted by Crippen LogP contribution is -2.30. The number of rotatable bonds is 5. The van der Waals surface area contributed by atoms with Crippen LogP contribution in [0.3, 0.4) is 0 Å². The van der Waals surface area contributed by atoms with Crippen molar-refractivity contribution in [1.82, 2.24) is 15.1 Å². The minimum Gasteiger partial charge on any atom is -0.379 e. The fourth-order valence-corrected chi connectivity index (χ4v) is 4.83. The number of aryl methyl sites for hydroxylation is 2. The second kappa shape index (κ2) is 7.89. The smallest absolute Gasteiger partial charge is 0.261 e. The molecular formula is C22H25N3O2S. The number of aromatic nitrogens is 2. The summed E-state index contributed by atoms with van der Waals surface area (Å²) in [5.74, 6) is -0.0237. The molecule has 0 bridgehead atoms. The van der Waals surface area contributed by atoms with Crippen LogP contribution in [-0.4, -0.2) is 22.8 Å². The zero-order chi connectivity index (χ0) is 19.7. The van der Waals surface area contributed by atoms with Crippen molar-refractivity contribution in [3.8, 4) is 5.69 Å². The standard InChI is InChI=1S/C22H25N3O2S/c1-14-9-15(2)11-16(10-14)25-20-6-4-5-19(18(20)12-23-25)24-22(26)21-8-7-17(28-21)13-27-3/h7-12,19H,4-6,13H2,1-3H3,(H,24,26)/t19-/m1/s1. The Morgan fingerprint density at radius 2 is 2.07 bits per heavy atom. The van der Waals surface area contributed by atoms with Gasteiger partial charge >= 0.3 is 0 Å². The first-order valence-corrected chi connectivity index (χ1v) is 10.4. The van der Waals surface area contributed by atoms with Crippen molar-refractivity contribution in [3.05, 3.63) is 68.7 Å². The molecule has 1 aliphatic rings. The van der Waals surface area contributed by atoms with Crippen molar-refractivity contribution in [1.29, 1.82) is 0 Å². The topological polar surface area (TPSA) is 56.1 Å². The van der Waals surface area contributed by atoms with Crippen molar-refractivity contribution in [2.45, 2.75) is 45.8 Å². The Hall–Kier alpha value is -2.44. The van der Waals surface area contributed by atoms with E-state index in [2.05, 4.69) is 42.5 Å². The monoisotopic (exact) mass is 395 g/mol. The van der Waals surface area contributed by atoms with Crippen molar-refractivity contribution >= 4 is 17.2 Å². The third-order valence-electron chi connectivity index (χ3n) is 5.11. The molecule has 0 saturated heterocycles. The average molecular weight is 396 g/mol. The Bertz CT molecular complexity index is 985. The Morgan fingerprint density at radius 3 is 2.82 bits per heavy atom. The van der Waals surface area contributed by atoms with Crippen LogP contribution in [0.25, 0.3) is 5.69 Å². The van der Waals surface area contributed by atoms with Gasteiger partial charge in [0.15, 0.2) is 0 Å². The normalized spacial score (nSPS) is 16.0. The molecule has 0 radical (unpaired) electrons. The van der Waals surface area contributed by atoms with Gasteiger partial charge in [-0.1, -0.05) is 6.07 Å². The molecule has 1 N–H and O–H groups in total. The minimum absolute atomic E-state index is 0.00359. The van der Waals surface area contributed by atoms with E-state index in [1.54, 1.807) is 7.11 Å². The van der Waals surface area contributed by atoms with E-state index in [0.29, 0.717) is 6.61 Å². The summed E-state index contributed by atoms with van der Waals surface area (Å²) in [6.45, 7) is 4.75. The summed E-state index contributed by atoms with van der Waals surface area (Å²) in [6, 6.07) is 10.3. The first kappa shape index (κ1) is 18.9. The molecule has 0 saturated carbocycles. The Labute approximate surface area is 169 Å². The van der Waals surface area contributed by atoms with Crippen LogP contribution >= 0.6 is 11.3 Å². The molecule has 0 unspecified atom stereocenters. The van der Waals surface area contributed by atoms with Crippen LogP contribution < -0.4 is 5.32 Å². The fraction of sp³-hybridized carbons (Fsp3) is 0.364. The first-order valence-electron chi connectivity index (χ1n) is 9.59. The summed E-state index contributed by atoms with van der Waals surface area (Å²) in [5, 5.41) is 7.87. The highest BCUT2D eigenvalue weighted by Crippen LogP contribution is 2.32. The van der Waals surface area contributed by atoms with Crippen LogP contribution in [0.2, 0.25) is 0 Å². The summed E-state index contributed by atoms with van der Waals surface area (Å²) < 4.78 is 7.18. The molecule has 4 rings (SSSR count). The molecule has 6 heteroatoms. The number of thiophene rings is 1. The number of methoxy groups -OCH3 is 1. The summed E-state index contributed by atoms with van der Waals surface area (Å²) in [7, 11) is 1.66. The molecule has 0 spiro atoms. The van der Waals surface area contributed by atoms with Gasteiger partial charge in [0.1, 0.15) is 0 Å². The molecule has 1 amide bonds. The summed E-state index contributed by atoms with van der Waals surface area (Å²) >= 11 is 1.48. The molecule has 1 aromatic carbocycles. The molecule has 1 atom stereocenters. The van der Waals surface area contributed by atoms with Gasteiger partial charge in [0.25, 0.3) is 5.91 Å². The Kier molecular flexibility index (Phi) is 5.33. The Balaban J connectivity index is 1.57. The zero-order valence-electron chi connectivity index (χ0n) is 16.5. The number of benzene rings is 1. The lowest BCUT2D eigenvalue weighted by Gasteiger charge is -2.24. The van der Waals surface area contributed by atoms with Gasteiger partial charge in [-0.05, 0) is 68.5 Å². The van der Waals surface area contributed by atoms with E-state index in [-0.39, 0.29) is 11.9 Å². The quantitative estimate of drug-likeness (QED) is 0.692. The van der Waals surface area contributed by atoms with Gasteiger partial charge in [-0.3, -0.25) is 4.79 Å². The van der Waals surface area contributed by atoms with E-state index in [0.717, 1.165) is 40.3 Å². The molecule has 0 fully saturated rings. The number of amides is 1. The number of hydrogen-bond donors (Lipinski definition) is 1. The molecule has 3 aromatic rings. The predicted molar refractivity (Wildman–Crippen MR) is 111 cm³/mol. The molecule has 0 aliphatic heterocycles. The van der Waals surface area contributed by atoms with E-state index >= 15 is 0 Å². The van der Waals surface area contributed by atoms with Gasteiger partial charge in [0.2, 0.25) is 0 Å². The fourth-order valence-electron chi connectivity index (χ4n) is 3.95. The number of ether oxygens (including phenoxy) is 1. The van der Waals surface area contributed by atoms with Crippen LogP contribution in [0.4, 0.5) is 0 Å². The van der Waals surface area contributed by atoms with Crippen LogP contribution in [-0.2, 0) is 17.8 Å². The van der Waals surface area contributed by atoms with Gasteiger partial charge in [-0.25, -0.2) is 4.68 Å². The second-order valence-corrected chi connectivity index (χ2v) is 8.59. The lowest BCUT2D eigenvalue weighted by molar-refractivity contribution is 0.0937. The van der Waals surface area contributed by atoms with E-state index in [1.165, 1.54) is 28.2 Å². The van der Waals surface area contributed by atoms with Gasteiger partial charge in [-0.2, -0.15) is 5.10 Å². The molecule has 5 nitrogen and oxygen atoms in total. The van der Waals surface area contributed by atoms with Crippen molar-refractivity contribution in [2.75, 3.05) is 7.11 Å². The molecular weight excluding hydrogens is 370 g/mol. The van der Waals surface area contributed by atoms with Crippen molar-refractivity contribution < 1.29 is 9.53 Å². The number of carbonyl (C=O) groups excluding carboxylic acids is 1. The highest BCUT2D eigenvalue weighted by Gasteiger charge is 2.26. The molecule has 28 heavy (non-hydrogen) atoms.